The van der Waals surface area contributed by atoms with Gasteiger partial charge in [-0.05, 0) is 47.9 Å². The van der Waals surface area contributed by atoms with Crippen LogP contribution in [0.5, 0.6) is 0 Å². The molecule has 7 heteroatoms. The molecule has 29 heavy (non-hydrogen) atoms. The molecule has 0 atom stereocenters. The Bertz CT molecular complexity index is 1160. The minimum Gasteiger partial charge on any atom is -0.322 e. The van der Waals surface area contributed by atoms with E-state index in [9.17, 15) is 13.2 Å². The van der Waals surface area contributed by atoms with Gasteiger partial charge in [0.05, 0.1) is 22.0 Å². The van der Waals surface area contributed by atoms with Crippen molar-refractivity contribution in [1.82, 2.24) is 0 Å². The van der Waals surface area contributed by atoms with Gasteiger partial charge in [0.1, 0.15) is 0 Å². The Balaban J connectivity index is 1.60. The maximum atomic E-state index is 12.8. The number of hydrogen-bond acceptors (Lipinski definition) is 3. The highest BCUT2D eigenvalue weighted by Gasteiger charge is 2.29. The average Bonchev–Trinajstić information content (AvgIpc) is 3.08. The summed E-state index contributed by atoms with van der Waals surface area (Å²) in [7, 11) is -3.33. The van der Waals surface area contributed by atoms with Gasteiger partial charge in [0.25, 0.3) is 5.91 Å². The van der Waals surface area contributed by atoms with Gasteiger partial charge < -0.3 is 5.32 Å². The van der Waals surface area contributed by atoms with Crippen LogP contribution in [0.3, 0.4) is 0 Å². The van der Waals surface area contributed by atoms with Gasteiger partial charge in [0.15, 0.2) is 0 Å². The van der Waals surface area contributed by atoms with E-state index in [1.807, 2.05) is 48.5 Å². The van der Waals surface area contributed by atoms with Crippen molar-refractivity contribution in [3.05, 3.63) is 83.4 Å². The minimum atomic E-state index is -3.33. The van der Waals surface area contributed by atoms with E-state index in [1.54, 1.807) is 18.2 Å². The molecule has 0 radical (unpaired) electrons. The van der Waals surface area contributed by atoms with E-state index in [1.165, 1.54) is 10.4 Å². The molecule has 148 valence electrons. The maximum absolute atomic E-state index is 12.8. The van der Waals surface area contributed by atoms with E-state index >= 15 is 0 Å². The van der Waals surface area contributed by atoms with Gasteiger partial charge in [-0.3, -0.25) is 9.10 Å². The summed E-state index contributed by atoms with van der Waals surface area (Å²) in [6.07, 6.45) is 0.568. The molecule has 3 aromatic carbocycles. The summed E-state index contributed by atoms with van der Waals surface area (Å²) < 4.78 is 25.7. The predicted molar refractivity (Wildman–Crippen MR) is 117 cm³/mol. The smallest absolute Gasteiger partial charge is 0.257 e. The zero-order chi connectivity index (χ0) is 20.4. The summed E-state index contributed by atoms with van der Waals surface area (Å²) in [5.74, 6) is -0.276. The number of carbonyl (C=O) groups excluding carboxylic acids is 1. The van der Waals surface area contributed by atoms with E-state index in [4.69, 9.17) is 11.6 Å². The third kappa shape index (κ3) is 4.13. The lowest BCUT2D eigenvalue weighted by Gasteiger charge is -2.18. The number of rotatable bonds is 4. The number of benzene rings is 3. The quantitative estimate of drug-likeness (QED) is 0.651. The molecular weight excluding hydrogens is 408 g/mol. The summed E-state index contributed by atoms with van der Waals surface area (Å²) in [5, 5.41) is 3.12. The van der Waals surface area contributed by atoms with Crippen molar-refractivity contribution in [2.75, 3.05) is 21.9 Å². The second kappa shape index (κ2) is 7.89. The minimum absolute atomic E-state index is 0.115. The normalized spacial score (nSPS) is 15.3. The van der Waals surface area contributed by atoms with Crippen molar-refractivity contribution in [3.8, 4) is 11.1 Å². The van der Waals surface area contributed by atoms with Crippen LogP contribution in [0.15, 0.2) is 72.8 Å². The van der Waals surface area contributed by atoms with Crippen molar-refractivity contribution in [1.29, 1.82) is 0 Å². The third-order valence-electron chi connectivity index (χ3n) is 4.81. The lowest BCUT2D eigenvalue weighted by molar-refractivity contribution is 0.102. The molecule has 0 aromatic heterocycles. The molecule has 1 fully saturated rings. The molecule has 4 rings (SSSR count). The Morgan fingerprint density at radius 2 is 1.69 bits per heavy atom. The summed E-state index contributed by atoms with van der Waals surface area (Å²) in [4.78, 5) is 12.8. The Kier molecular flexibility index (Phi) is 5.30. The number of carbonyl (C=O) groups is 1. The molecule has 3 aromatic rings. The van der Waals surface area contributed by atoms with Gasteiger partial charge in [-0.25, -0.2) is 8.42 Å². The number of amides is 1. The van der Waals surface area contributed by atoms with Crippen LogP contribution >= 0.6 is 11.6 Å². The summed E-state index contributed by atoms with van der Waals surface area (Å²) in [6.45, 7) is 0.407. The fourth-order valence-corrected chi connectivity index (χ4v) is 5.14. The molecular formula is C22H19ClN2O3S. The van der Waals surface area contributed by atoms with Crippen LogP contribution in [0.2, 0.25) is 5.02 Å². The molecule has 0 aliphatic carbocycles. The van der Waals surface area contributed by atoms with Crippen molar-refractivity contribution in [2.24, 2.45) is 0 Å². The van der Waals surface area contributed by atoms with E-state index in [0.717, 1.165) is 11.1 Å². The average molecular weight is 427 g/mol. The molecule has 1 N–H and O–H groups in total. The fourth-order valence-electron chi connectivity index (χ4n) is 3.38. The second-order valence-electron chi connectivity index (χ2n) is 6.81. The summed E-state index contributed by atoms with van der Waals surface area (Å²) >= 11 is 6.23. The topological polar surface area (TPSA) is 66.5 Å². The lowest BCUT2D eigenvalue weighted by Crippen LogP contribution is -2.25. The van der Waals surface area contributed by atoms with Crippen LogP contribution in [-0.2, 0) is 10.0 Å². The lowest BCUT2D eigenvalue weighted by atomic mass is 10.1. The highest BCUT2D eigenvalue weighted by Crippen LogP contribution is 2.29. The van der Waals surface area contributed by atoms with E-state index in [0.29, 0.717) is 24.3 Å². The molecule has 1 aliphatic heterocycles. The van der Waals surface area contributed by atoms with Crippen molar-refractivity contribution >= 4 is 38.9 Å². The van der Waals surface area contributed by atoms with Crippen LogP contribution < -0.4 is 9.62 Å². The first-order valence-corrected chi connectivity index (χ1v) is 11.2. The number of sulfonamides is 1. The van der Waals surface area contributed by atoms with E-state index in [2.05, 4.69) is 5.32 Å². The van der Waals surface area contributed by atoms with Crippen LogP contribution in [0.4, 0.5) is 11.4 Å². The van der Waals surface area contributed by atoms with Crippen LogP contribution in [0.25, 0.3) is 11.1 Å². The highest BCUT2D eigenvalue weighted by atomic mass is 35.5. The van der Waals surface area contributed by atoms with Crippen molar-refractivity contribution < 1.29 is 13.2 Å². The SMILES string of the molecule is O=C(Nc1cccc(-c2ccccc2)c1)c1cc(N2CCCS2(=O)=O)ccc1Cl. The van der Waals surface area contributed by atoms with Gasteiger partial charge in [-0.2, -0.15) is 0 Å². The first-order chi connectivity index (χ1) is 13.9. The zero-order valence-corrected chi connectivity index (χ0v) is 17.1. The molecule has 1 amide bonds. The molecule has 0 spiro atoms. The Labute approximate surface area is 175 Å². The highest BCUT2D eigenvalue weighted by molar-refractivity contribution is 7.93. The van der Waals surface area contributed by atoms with Gasteiger partial charge in [-0.1, -0.05) is 54.1 Å². The molecule has 1 saturated heterocycles. The Morgan fingerprint density at radius 1 is 0.931 bits per heavy atom. The van der Waals surface area contributed by atoms with Gasteiger partial charge in [0.2, 0.25) is 10.0 Å². The van der Waals surface area contributed by atoms with Gasteiger partial charge in [-0.15, -0.1) is 0 Å². The standard InChI is InChI=1S/C22H19ClN2O3S/c23-21-11-10-19(25-12-5-13-29(25,27)28)15-20(21)22(26)24-18-9-4-8-17(14-18)16-6-2-1-3-7-16/h1-4,6-11,14-15H,5,12-13H2,(H,24,26). The van der Waals surface area contributed by atoms with Crippen LogP contribution in [-0.4, -0.2) is 26.6 Å². The van der Waals surface area contributed by atoms with E-state index < -0.39 is 15.9 Å². The predicted octanol–water partition coefficient (Wildman–Crippen LogP) is 4.80. The number of nitrogens with zero attached hydrogens (tertiary/aromatic N) is 1. The number of nitrogens with one attached hydrogen (secondary N) is 1. The maximum Gasteiger partial charge on any atom is 0.257 e. The summed E-state index contributed by atoms with van der Waals surface area (Å²) in [5.41, 5.74) is 3.34. The molecule has 0 bridgehead atoms. The molecule has 5 nitrogen and oxygen atoms in total. The molecule has 1 heterocycles. The summed E-state index contributed by atoms with van der Waals surface area (Å²) in [6, 6.07) is 22.1. The third-order valence-corrected chi connectivity index (χ3v) is 7.01. The van der Waals surface area contributed by atoms with E-state index in [-0.39, 0.29) is 16.3 Å². The van der Waals surface area contributed by atoms with Gasteiger partial charge >= 0.3 is 0 Å². The number of hydrogen-bond donors (Lipinski definition) is 1. The zero-order valence-electron chi connectivity index (χ0n) is 15.5. The molecule has 1 aliphatic rings. The molecule has 0 saturated carbocycles. The largest absolute Gasteiger partial charge is 0.322 e. The fraction of sp³-hybridized carbons (Fsp3) is 0.136. The Morgan fingerprint density at radius 3 is 2.41 bits per heavy atom. The first kappa shape index (κ1) is 19.5. The first-order valence-electron chi connectivity index (χ1n) is 9.21. The van der Waals surface area contributed by atoms with Crippen molar-refractivity contribution in [2.45, 2.75) is 6.42 Å². The van der Waals surface area contributed by atoms with Crippen LogP contribution in [0, 0.1) is 0 Å². The number of halogens is 1. The Hall–Kier alpha value is -2.83. The van der Waals surface area contributed by atoms with Crippen molar-refractivity contribution in [3.63, 3.8) is 0 Å². The molecule has 0 unspecified atom stereocenters. The van der Waals surface area contributed by atoms with Crippen LogP contribution in [0.1, 0.15) is 16.8 Å². The number of anilines is 2. The monoisotopic (exact) mass is 426 g/mol. The van der Waals surface area contributed by atoms with Gasteiger partial charge in [0, 0.05) is 12.2 Å². The second-order valence-corrected chi connectivity index (χ2v) is 9.23.